The van der Waals surface area contributed by atoms with Crippen LogP contribution in [0.2, 0.25) is 0 Å². The Balaban J connectivity index is 1.60. The molecule has 0 atom stereocenters. The van der Waals surface area contributed by atoms with Gasteiger partial charge < -0.3 is 28.1 Å². The van der Waals surface area contributed by atoms with Crippen LogP contribution in [0.3, 0.4) is 0 Å². The molecule has 0 aliphatic heterocycles. The largest absolute Gasteiger partial charge is 0.573 e. The van der Waals surface area contributed by atoms with Crippen molar-refractivity contribution in [2.45, 2.75) is 13.0 Å². The molecular formula is C22H19F3N2O7. The number of nitrogens with zero attached hydrogens (tertiary/aromatic N) is 2. The standard InChI is InChI=1S/C22H19F3N2O7/c1-29-16-10-14(11-17(30-2)20(16)31-3)21-27-26-18(33-21)12-32-19(28)9-6-13-4-7-15(8-5-13)34-22(23,24)25/h4-11H,12H2,1-3H3/b9-6+. The van der Waals surface area contributed by atoms with Crippen LogP contribution in [0.5, 0.6) is 23.0 Å². The van der Waals surface area contributed by atoms with Gasteiger partial charge in [0, 0.05) is 11.6 Å². The molecule has 0 saturated carbocycles. The van der Waals surface area contributed by atoms with Crippen LogP contribution in [-0.4, -0.2) is 43.9 Å². The maximum atomic E-state index is 12.2. The van der Waals surface area contributed by atoms with Gasteiger partial charge >= 0.3 is 12.3 Å². The van der Waals surface area contributed by atoms with Crippen molar-refractivity contribution in [2.75, 3.05) is 21.3 Å². The quantitative estimate of drug-likeness (QED) is 0.325. The molecule has 0 radical (unpaired) electrons. The van der Waals surface area contributed by atoms with Crippen LogP contribution >= 0.6 is 0 Å². The fourth-order valence-electron chi connectivity index (χ4n) is 2.76. The zero-order chi connectivity index (χ0) is 24.7. The third-order valence-corrected chi connectivity index (χ3v) is 4.24. The molecule has 34 heavy (non-hydrogen) atoms. The van der Waals surface area contributed by atoms with E-state index in [1.807, 2.05) is 0 Å². The van der Waals surface area contributed by atoms with Crippen molar-refractivity contribution in [2.24, 2.45) is 0 Å². The van der Waals surface area contributed by atoms with Crippen LogP contribution in [0.25, 0.3) is 17.5 Å². The summed E-state index contributed by atoms with van der Waals surface area (Å²) < 4.78 is 66.8. The summed E-state index contributed by atoms with van der Waals surface area (Å²) in [5.41, 5.74) is 0.964. The van der Waals surface area contributed by atoms with Gasteiger partial charge in [0.2, 0.25) is 11.6 Å². The van der Waals surface area contributed by atoms with E-state index in [-0.39, 0.29) is 24.1 Å². The number of alkyl halides is 3. The highest BCUT2D eigenvalue weighted by Gasteiger charge is 2.30. The van der Waals surface area contributed by atoms with E-state index in [0.717, 1.165) is 18.2 Å². The predicted octanol–water partition coefficient (Wildman–Crippen LogP) is 4.42. The lowest BCUT2D eigenvalue weighted by atomic mass is 10.2. The van der Waals surface area contributed by atoms with E-state index in [9.17, 15) is 18.0 Å². The summed E-state index contributed by atoms with van der Waals surface area (Å²) in [6.45, 7) is -0.293. The summed E-state index contributed by atoms with van der Waals surface area (Å²) in [6, 6.07) is 8.21. The molecule has 0 aliphatic carbocycles. The number of carbonyl (C=O) groups excluding carboxylic acids is 1. The highest BCUT2D eigenvalue weighted by atomic mass is 19.4. The molecule has 3 rings (SSSR count). The Labute approximate surface area is 191 Å². The van der Waals surface area contributed by atoms with Crippen molar-refractivity contribution in [3.05, 3.63) is 53.9 Å². The fourth-order valence-corrected chi connectivity index (χ4v) is 2.76. The molecular weight excluding hydrogens is 461 g/mol. The second-order valence-electron chi connectivity index (χ2n) is 6.47. The lowest BCUT2D eigenvalue weighted by Gasteiger charge is -2.12. The maximum Gasteiger partial charge on any atom is 0.573 e. The van der Waals surface area contributed by atoms with Gasteiger partial charge in [-0.25, -0.2) is 4.79 Å². The summed E-state index contributed by atoms with van der Waals surface area (Å²) >= 11 is 0. The van der Waals surface area contributed by atoms with Gasteiger partial charge in [-0.05, 0) is 35.9 Å². The average molecular weight is 480 g/mol. The van der Waals surface area contributed by atoms with E-state index in [1.165, 1.54) is 39.5 Å². The molecule has 0 bridgehead atoms. The second-order valence-corrected chi connectivity index (χ2v) is 6.47. The Morgan fingerprint density at radius 2 is 1.65 bits per heavy atom. The zero-order valence-electron chi connectivity index (χ0n) is 18.2. The van der Waals surface area contributed by atoms with Gasteiger partial charge in [0.05, 0.1) is 21.3 Å². The first-order valence-corrected chi connectivity index (χ1v) is 9.56. The minimum absolute atomic E-state index is 0.0409. The van der Waals surface area contributed by atoms with Crippen molar-refractivity contribution in [3.63, 3.8) is 0 Å². The number of esters is 1. The highest BCUT2D eigenvalue weighted by molar-refractivity contribution is 5.87. The van der Waals surface area contributed by atoms with Crippen molar-refractivity contribution in [1.82, 2.24) is 10.2 Å². The molecule has 180 valence electrons. The van der Waals surface area contributed by atoms with Crippen LogP contribution in [0.4, 0.5) is 13.2 Å². The molecule has 0 N–H and O–H groups in total. The normalized spacial score (nSPS) is 11.4. The summed E-state index contributed by atoms with van der Waals surface area (Å²) in [4.78, 5) is 11.9. The minimum Gasteiger partial charge on any atom is -0.493 e. The van der Waals surface area contributed by atoms with Crippen molar-refractivity contribution >= 4 is 12.0 Å². The molecule has 0 spiro atoms. The number of methoxy groups -OCH3 is 3. The zero-order valence-corrected chi connectivity index (χ0v) is 18.2. The van der Waals surface area contributed by atoms with Crippen molar-refractivity contribution < 1.29 is 46.1 Å². The first kappa shape index (κ1) is 24.4. The summed E-state index contributed by atoms with van der Waals surface area (Å²) in [7, 11) is 4.42. The van der Waals surface area contributed by atoms with E-state index in [4.69, 9.17) is 23.4 Å². The van der Waals surface area contributed by atoms with Gasteiger partial charge in [-0.2, -0.15) is 0 Å². The Kier molecular flexibility index (Phi) is 7.61. The molecule has 0 aliphatic rings. The number of benzene rings is 2. The number of carbonyl (C=O) groups is 1. The Hall–Kier alpha value is -4.22. The molecule has 2 aromatic carbocycles. The van der Waals surface area contributed by atoms with Gasteiger partial charge in [-0.3, -0.25) is 0 Å². The van der Waals surface area contributed by atoms with E-state index in [0.29, 0.717) is 28.4 Å². The smallest absolute Gasteiger partial charge is 0.493 e. The molecule has 0 amide bonds. The highest BCUT2D eigenvalue weighted by Crippen LogP contribution is 2.40. The summed E-state index contributed by atoms with van der Waals surface area (Å²) in [5.74, 6) is 0.282. The third kappa shape index (κ3) is 6.40. The van der Waals surface area contributed by atoms with Gasteiger partial charge in [-0.15, -0.1) is 23.4 Å². The first-order chi connectivity index (χ1) is 16.2. The van der Waals surface area contributed by atoms with Crippen molar-refractivity contribution in [3.8, 4) is 34.5 Å². The van der Waals surface area contributed by atoms with E-state index in [1.54, 1.807) is 12.1 Å². The number of hydrogen-bond acceptors (Lipinski definition) is 9. The first-order valence-electron chi connectivity index (χ1n) is 9.56. The molecule has 12 heteroatoms. The number of hydrogen-bond donors (Lipinski definition) is 0. The number of rotatable bonds is 9. The number of aromatic nitrogens is 2. The number of ether oxygens (including phenoxy) is 5. The SMILES string of the molecule is COc1cc(-c2nnc(COC(=O)/C=C/c3ccc(OC(F)(F)F)cc3)o2)cc(OC)c1OC. The van der Waals surface area contributed by atoms with Crippen LogP contribution in [0.1, 0.15) is 11.5 Å². The predicted molar refractivity (Wildman–Crippen MR) is 111 cm³/mol. The summed E-state index contributed by atoms with van der Waals surface area (Å²) in [6.07, 6.45) is -2.30. The van der Waals surface area contributed by atoms with Crippen molar-refractivity contribution in [1.29, 1.82) is 0 Å². The lowest BCUT2D eigenvalue weighted by molar-refractivity contribution is -0.274. The molecule has 0 fully saturated rings. The van der Waals surface area contributed by atoms with Gasteiger partial charge in [0.1, 0.15) is 5.75 Å². The van der Waals surface area contributed by atoms with E-state index < -0.39 is 12.3 Å². The Morgan fingerprint density at radius 3 is 2.21 bits per heavy atom. The molecule has 0 saturated heterocycles. The fraction of sp³-hybridized carbons (Fsp3) is 0.227. The summed E-state index contributed by atoms with van der Waals surface area (Å²) in [5, 5.41) is 7.77. The van der Waals surface area contributed by atoms with Crippen LogP contribution in [-0.2, 0) is 16.1 Å². The molecule has 1 heterocycles. The van der Waals surface area contributed by atoms with Gasteiger partial charge in [0.15, 0.2) is 18.1 Å². The molecule has 0 unspecified atom stereocenters. The minimum atomic E-state index is -4.78. The molecule has 3 aromatic rings. The third-order valence-electron chi connectivity index (χ3n) is 4.24. The van der Waals surface area contributed by atoms with Crippen LogP contribution in [0, 0.1) is 0 Å². The maximum absolute atomic E-state index is 12.2. The van der Waals surface area contributed by atoms with Crippen LogP contribution in [0.15, 0.2) is 46.9 Å². The Morgan fingerprint density at radius 1 is 1.00 bits per heavy atom. The topological polar surface area (TPSA) is 102 Å². The Bertz CT molecular complexity index is 1130. The number of halogens is 3. The van der Waals surface area contributed by atoms with E-state index >= 15 is 0 Å². The average Bonchev–Trinajstić information content (AvgIpc) is 3.29. The lowest BCUT2D eigenvalue weighted by Crippen LogP contribution is -2.16. The second kappa shape index (κ2) is 10.6. The molecule has 9 nitrogen and oxygen atoms in total. The van der Waals surface area contributed by atoms with Gasteiger partial charge in [-0.1, -0.05) is 12.1 Å². The van der Waals surface area contributed by atoms with E-state index in [2.05, 4.69) is 14.9 Å². The monoisotopic (exact) mass is 480 g/mol. The van der Waals surface area contributed by atoms with Crippen LogP contribution < -0.4 is 18.9 Å². The molecule has 1 aromatic heterocycles. The van der Waals surface area contributed by atoms with Gasteiger partial charge in [0.25, 0.3) is 5.89 Å².